The van der Waals surface area contributed by atoms with Gasteiger partial charge in [0.1, 0.15) is 0 Å². The van der Waals surface area contributed by atoms with Gasteiger partial charge in [0.2, 0.25) is 0 Å². The molecule has 0 aromatic carbocycles. The molecule has 1 saturated heterocycles. The average molecular weight is 278 g/mol. The number of hydrogen-bond donors (Lipinski definition) is 0. The molecule has 0 radical (unpaired) electrons. The number of nitrogens with zero attached hydrogens (tertiary/aromatic N) is 4. The molecule has 5 nitrogen and oxygen atoms in total. The molecule has 0 unspecified atom stereocenters. The Morgan fingerprint density at radius 3 is 2.40 bits per heavy atom. The summed E-state index contributed by atoms with van der Waals surface area (Å²) in [5.74, 6) is 0.733. The van der Waals surface area contributed by atoms with Crippen LogP contribution in [0, 0.1) is 12.8 Å². The third-order valence-electron chi connectivity index (χ3n) is 3.72. The first-order valence-electron chi connectivity index (χ1n) is 7.54. The molecule has 112 valence electrons. The lowest BCUT2D eigenvalue weighted by molar-refractivity contribution is 0.118. The maximum Gasteiger partial charge on any atom is 0.266 e. The smallest absolute Gasteiger partial charge is 0.266 e. The van der Waals surface area contributed by atoms with Crippen LogP contribution in [0.15, 0.2) is 16.9 Å². The van der Waals surface area contributed by atoms with Crippen molar-refractivity contribution in [3.63, 3.8) is 0 Å². The van der Waals surface area contributed by atoms with Gasteiger partial charge in [0.05, 0.1) is 12.2 Å². The zero-order valence-corrected chi connectivity index (χ0v) is 12.9. The third kappa shape index (κ3) is 4.42. The molecule has 0 bridgehead atoms. The summed E-state index contributed by atoms with van der Waals surface area (Å²) in [6.45, 7) is 13.7. The molecule has 20 heavy (non-hydrogen) atoms. The first kappa shape index (κ1) is 15.2. The maximum absolute atomic E-state index is 11.7. The van der Waals surface area contributed by atoms with Crippen molar-refractivity contribution < 1.29 is 0 Å². The zero-order valence-electron chi connectivity index (χ0n) is 12.9. The van der Waals surface area contributed by atoms with Crippen LogP contribution < -0.4 is 5.56 Å². The van der Waals surface area contributed by atoms with E-state index in [1.54, 1.807) is 16.8 Å². The molecule has 0 amide bonds. The first-order chi connectivity index (χ1) is 9.54. The van der Waals surface area contributed by atoms with E-state index in [4.69, 9.17) is 0 Å². The summed E-state index contributed by atoms with van der Waals surface area (Å²) >= 11 is 0. The molecule has 2 rings (SSSR count). The van der Waals surface area contributed by atoms with E-state index < -0.39 is 0 Å². The van der Waals surface area contributed by atoms with Gasteiger partial charge < -0.3 is 4.90 Å². The fourth-order valence-electron chi connectivity index (χ4n) is 2.66. The highest BCUT2D eigenvalue weighted by molar-refractivity contribution is 4.97. The van der Waals surface area contributed by atoms with Crippen LogP contribution >= 0.6 is 0 Å². The number of rotatable bonds is 5. The van der Waals surface area contributed by atoms with Crippen LogP contribution in [0.4, 0.5) is 0 Å². The van der Waals surface area contributed by atoms with Crippen molar-refractivity contribution in [3.8, 4) is 0 Å². The number of hydrogen-bond acceptors (Lipinski definition) is 4. The molecule has 1 aromatic heterocycles. The second-order valence-corrected chi connectivity index (χ2v) is 6.07. The number of piperazine rings is 1. The van der Waals surface area contributed by atoms with Gasteiger partial charge in [-0.1, -0.05) is 13.8 Å². The summed E-state index contributed by atoms with van der Waals surface area (Å²) < 4.78 is 1.58. The molecule has 1 aliphatic heterocycles. The van der Waals surface area contributed by atoms with Crippen molar-refractivity contribution in [1.29, 1.82) is 0 Å². The van der Waals surface area contributed by atoms with Gasteiger partial charge in [-0.05, 0) is 18.9 Å². The third-order valence-corrected chi connectivity index (χ3v) is 3.72. The topological polar surface area (TPSA) is 41.4 Å². The molecule has 5 heteroatoms. The van der Waals surface area contributed by atoms with E-state index in [0.717, 1.165) is 44.3 Å². The van der Waals surface area contributed by atoms with E-state index in [9.17, 15) is 4.79 Å². The summed E-state index contributed by atoms with van der Waals surface area (Å²) in [5.41, 5.74) is 0.889. The Labute approximate surface area is 121 Å². The predicted octanol–water partition coefficient (Wildman–Crippen LogP) is 0.825. The average Bonchev–Trinajstić information content (AvgIpc) is 2.41. The van der Waals surface area contributed by atoms with Crippen molar-refractivity contribution in [2.24, 2.45) is 5.92 Å². The molecule has 1 aliphatic rings. The highest BCUT2D eigenvalue weighted by Gasteiger charge is 2.17. The van der Waals surface area contributed by atoms with Crippen LogP contribution in [0.5, 0.6) is 0 Å². The Morgan fingerprint density at radius 2 is 1.75 bits per heavy atom. The van der Waals surface area contributed by atoms with Crippen molar-refractivity contribution >= 4 is 0 Å². The lowest BCUT2D eigenvalue weighted by Gasteiger charge is -2.35. The Balaban J connectivity index is 1.79. The Bertz CT molecular complexity index is 475. The van der Waals surface area contributed by atoms with Gasteiger partial charge in [-0.15, -0.1) is 0 Å². The van der Waals surface area contributed by atoms with Crippen LogP contribution in [0.1, 0.15) is 19.5 Å². The molecule has 0 atom stereocenters. The van der Waals surface area contributed by atoms with Gasteiger partial charge in [0, 0.05) is 45.3 Å². The van der Waals surface area contributed by atoms with Gasteiger partial charge in [-0.25, -0.2) is 4.68 Å². The largest absolute Gasteiger partial charge is 0.301 e. The van der Waals surface area contributed by atoms with Crippen LogP contribution in [-0.2, 0) is 6.54 Å². The summed E-state index contributed by atoms with van der Waals surface area (Å²) in [4.78, 5) is 16.6. The summed E-state index contributed by atoms with van der Waals surface area (Å²) in [7, 11) is 0. The van der Waals surface area contributed by atoms with E-state index >= 15 is 0 Å². The summed E-state index contributed by atoms with van der Waals surface area (Å²) in [6, 6.07) is 3.37. The highest BCUT2D eigenvalue weighted by atomic mass is 16.1. The molecule has 2 heterocycles. The van der Waals surface area contributed by atoms with Crippen molar-refractivity contribution in [2.45, 2.75) is 27.3 Å². The molecule has 1 aromatic rings. The van der Waals surface area contributed by atoms with E-state index in [2.05, 4.69) is 28.7 Å². The van der Waals surface area contributed by atoms with Crippen molar-refractivity contribution in [2.75, 3.05) is 39.3 Å². The Hall–Kier alpha value is -1.20. The highest BCUT2D eigenvalue weighted by Crippen LogP contribution is 2.05. The Kier molecular flexibility index (Phi) is 5.31. The van der Waals surface area contributed by atoms with Gasteiger partial charge in [-0.3, -0.25) is 9.69 Å². The molecule has 0 aliphatic carbocycles. The zero-order chi connectivity index (χ0) is 14.5. The van der Waals surface area contributed by atoms with E-state index in [0.29, 0.717) is 6.54 Å². The van der Waals surface area contributed by atoms with Crippen LogP contribution in [0.25, 0.3) is 0 Å². The van der Waals surface area contributed by atoms with Gasteiger partial charge in [0.25, 0.3) is 5.56 Å². The SMILES string of the molecule is Cc1ccc(=O)n(CCN2CCN(CC(C)C)CC2)n1. The minimum Gasteiger partial charge on any atom is -0.301 e. The second-order valence-electron chi connectivity index (χ2n) is 6.07. The van der Waals surface area contributed by atoms with Gasteiger partial charge in [-0.2, -0.15) is 5.10 Å². The summed E-state index contributed by atoms with van der Waals surface area (Å²) in [5, 5.41) is 4.28. The molecule has 0 N–H and O–H groups in total. The molecular formula is C15H26N4O. The van der Waals surface area contributed by atoms with Crippen LogP contribution in [0.2, 0.25) is 0 Å². The normalized spacial score (nSPS) is 17.8. The lowest BCUT2D eigenvalue weighted by atomic mass is 10.2. The molecule has 0 spiro atoms. The van der Waals surface area contributed by atoms with Gasteiger partial charge in [0.15, 0.2) is 0 Å². The molecular weight excluding hydrogens is 252 g/mol. The fraction of sp³-hybridized carbons (Fsp3) is 0.733. The van der Waals surface area contributed by atoms with Gasteiger partial charge >= 0.3 is 0 Å². The number of aromatic nitrogens is 2. The molecule has 0 saturated carbocycles. The molecule has 1 fully saturated rings. The quantitative estimate of drug-likeness (QED) is 0.800. The lowest BCUT2D eigenvalue weighted by Crippen LogP contribution is -2.48. The predicted molar refractivity (Wildman–Crippen MR) is 81.0 cm³/mol. The monoisotopic (exact) mass is 278 g/mol. The van der Waals surface area contributed by atoms with Crippen LogP contribution in [0.3, 0.4) is 0 Å². The second kappa shape index (κ2) is 6.99. The van der Waals surface area contributed by atoms with E-state index in [1.165, 1.54) is 6.54 Å². The minimum atomic E-state index is -0.00552. The fourth-order valence-corrected chi connectivity index (χ4v) is 2.66. The van der Waals surface area contributed by atoms with E-state index in [1.807, 2.05) is 6.92 Å². The Morgan fingerprint density at radius 1 is 1.10 bits per heavy atom. The first-order valence-corrected chi connectivity index (χ1v) is 7.54. The standard InChI is InChI=1S/C15H26N4O/c1-13(2)12-18-8-6-17(7-9-18)10-11-19-15(20)5-4-14(3)16-19/h4-5,13H,6-12H2,1-3H3. The van der Waals surface area contributed by atoms with Crippen LogP contribution in [-0.4, -0.2) is 58.8 Å². The minimum absolute atomic E-state index is 0.00552. The number of aryl methyl sites for hydroxylation is 1. The maximum atomic E-state index is 11.7. The van der Waals surface area contributed by atoms with Crippen molar-refractivity contribution in [1.82, 2.24) is 19.6 Å². The summed E-state index contributed by atoms with van der Waals surface area (Å²) in [6.07, 6.45) is 0. The van der Waals surface area contributed by atoms with Crippen molar-refractivity contribution in [3.05, 3.63) is 28.2 Å². The van der Waals surface area contributed by atoms with E-state index in [-0.39, 0.29) is 5.56 Å².